The Morgan fingerprint density at radius 2 is 2.25 bits per heavy atom. The summed E-state index contributed by atoms with van der Waals surface area (Å²) in [5.41, 5.74) is 0.461. The summed E-state index contributed by atoms with van der Waals surface area (Å²) in [6.45, 7) is 0. The Bertz CT molecular complexity index is 441. The van der Waals surface area contributed by atoms with Crippen molar-refractivity contribution in [3.8, 4) is 0 Å². The molecule has 1 saturated heterocycles. The Morgan fingerprint density at radius 3 is 2.81 bits per heavy atom. The van der Waals surface area contributed by atoms with Crippen LogP contribution in [0, 0.1) is 0 Å². The number of nitrogens with one attached hydrogen (secondary N) is 1. The van der Waals surface area contributed by atoms with Gasteiger partial charge in [-0.2, -0.15) is 8.42 Å². The summed E-state index contributed by atoms with van der Waals surface area (Å²) in [6.07, 6.45) is 2.51. The van der Waals surface area contributed by atoms with Gasteiger partial charge in [0, 0.05) is 18.0 Å². The first kappa shape index (κ1) is 11.6. The molecule has 0 spiro atoms. The molecule has 0 aromatic carbocycles. The highest BCUT2D eigenvalue weighted by atomic mass is 32.2. The van der Waals surface area contributed by atoms with Crippen LogP contribution in [0.5, 0.6) is 0 Å². The van der Waals surface area contributed by atoms with E-state index in [1.54, 1.807) is 6.08 Å². The molecule has 1 N–H and O–H groups in total. The molecular weight excluding hydrogens is 234 g/mol. The van der Waals surface area contributed by atoms with Gasteiger partial charge in [0.15, 0.2) is 0 Å². The van der Waals surface area contributed by atoms with Crippen LogP contribution in [-0.2, 0) is 23.8 Å². The third-order valence-electron chi connectivity index (χ3n) is 2.61. The number of fused-ring (bicyclic) bond motifs is 1. The van der Waals surface area contributed by atoms with E-state index in [1.807, 2.05) is 0 Å². The molecule has 3 atom stereocenters. The minimum absolute atomic E-state index is 0.0110. The van der Waals surface area contributed by atoms with Gasteiger partial charge in [-0.3, -0.25) is 4.18 Å². The predicted molar refractivity (Wildman–Crippen MR) is 55.1 cm³/mol. The van der Waals surface area contributed by atoms with Crippen LogP contribution < -0.4 is 5.32 Å². The van der Waals surface area contributed by atoms with E-state index in [4.69, 9.17) is 4.18 Å². The number of ether oxygens (including phenoxy) is 1. The quantitative estimate of drug-likeness (QED) is 0.398. The maximum Gasteiger partial charge on any atom is 0.333 e. The van der Waals surface area contributed by atoms with Gasteiger partial charge in [0.2, 0.25) is 0 Å². The summed E-state index contributed by atoms with van der Waals surface area (Å²) in [6, 6.07) is 0.0118. The van der Waals surface area contributed by atoms with Crippen LogP contribution in [0.4, 0.5) is 0 Å². The average molecular weight is 247 g/mol. The Morgan fingerprint density at radius 1 is 1.56 bits per heavy atom. The second-order valence-corrected chi connectivity index (χ2v) is 5.55. The molecule has 90 valence electrons. The largest absolute Gasteiger partial charge is 0.466 e. The van der Waals surface area contributed by atoms with E-state index < -0.39 is 22.2 Å². The van der Waals surface area contributed by atoms with E-state index in [0.717, 1.165) is 6.26 Å². The van der Waals surface area contributed by atoms with Crippen LogP contribution >= 0.6 is 0 Å². The molecule has 7 heteroatoms. The van der Waals surface area contributed by atoms with Gasteiger partial charge in [-0.1, -0.05) is 6.08 Å². The fourth-order valence-electron chi connectivity index (χ4n) is 1.89. The SMILES string of the molecule is COC(=O)C1=C[C@H]2N[C@H]2[C@H](OS(C)(=O)=O)C1. The normalized spacial score (nSPS) is 32.6. The minimum Gasteiger partial charge on any atom is -0.466 e. The number of hydrogen-bond donors (Lipinski definition) is 1. The molecule has 1 heterocycles. The molecule has 16 heavy (non-hydrogen) atoms. The molecule has 2 aliphatic rings. The Kier molecular flexibility index (Phi) is 2.77. The van der Waals surface area contributed by atoms with Crippen molar-refractivity contribution in [2.75, 3.05) is 13.4 Å². The summed E-state index contributed by atoms with van der Waals surface area (Å²) in [5.74, 6) is -0.436. The highest BCUT2D eigenvalue weighted by molar-refractivity contribution is 7.86. The van der Waals surface area contributed by atoms with Gasteiger partial charge in [0.05, 0.1) is 25.5 Å². The molecule has 0 saturated carbocycles. The number of esters is 1. The van der Waals surface area contributed by atoms with E-state index in [-0.39, 0.29) is 18.5 Å². The van der Waals surface area contributed by atoms with Crippen LogP contribution in [0.15, 0.2) is 11.6 Å². The Hall–Kier alpha value is -0.920. The second-order valence-electron chi connectivity index (χ2n) is 3.94. The molecule has 1 aliphatic carbocycles. The molecule has 2 rings (SSSR count). The molecule has 1 fully saturated rings. The van der Waals surface area contributed by atoms with Gasteiger partial charge in [0.1, 0.15) is 0 Å². The molecule has 0 amide bonds. The zero-order valence-electron chi connectivity index (χ0n) is 8.97. The molecule has 0 radical (unpaired) electrons. The van der Waals surface area contributed by atoms with E-state index in [2.05, 4.69) is 10.1 Å². The fourth-order valence-corrected chi connectivity index (χ4v) is 2.52. The molecule has 0 bridgehead atoms. The number of carbonyl (C=O) groups excluding carboxylic acids is 1. The van der Waals surface area contributed by atoms with Crippen molar-refractivity contribution >= 4 is 16.1 Å². The molecule has 0 aromatic heterocycles. The molecule has 6 nitrogen and oxygen atoms in total. The van der Waals surface area contributed by atoms with Crippen molar-refractivity contribution in [2.24, 2.45) is 0 Å². The van der Waals surface area contributed by atoms with Crippen LogP contribution in [0.25, 0.3) is 0 Å². The van der Waals surface area contributed by atoms with Crippen molar-refractivity contribution in [1.29, 1.82) is 0 Å². The van der Waals surface area contributed by atoms with Gasteiger partial charge < -0.3 is 10.1 Å². The second kappa shape index (κ2) is 3.83. The summed E-state index contributed by atoms with van der Waals surface area (Å²) >= 11 is 0. The zero-order chi connectivity index (χ0) is 11.9. The van der Waals surface area contributed by atoms with Crippen molar-refractivity contribution in [3.63, 3.8) is 0 Å². The van der Waals surface area contributed by atoms with E-state index in [9.17, 15) is 13.2 Å². The van der Waals surface area contributed by atoms with E-state index in [0.29, 0.717) is 5.57 Å². The highest BCUT2D eigenvalue weighted by Crippen LogP contribution is 2.31. The third-order valence-corrected chi connectivity index (χ3v) is 3.21. The van der Waals surface area contributed by atoms with Crippen LogP contribution in [0.3, 0.4) is 0 Å². The number of hydrogen-bond acceptors (Lipinski definition) is 6. The predicted octanol–water partition coefficient (Wildman–Crippen LogP) is -0.825. The first-order chi connectivity index (χ1) is 7.40. The number of carbonyl (C=O) groups is 1. The lowest BCUT2D eigenvalue weighted by Crippen LogP contribution is -2.30. The third kappa shape index (κ3) is 2.42. The zero-order valence-corrected chi connectivity index (χ0v) is 9.78. The van der Waals surface area contributed by atoms with Gasteiger partial charge in [-0.15, -0.1) is 0 Å². The lowest BCUT2D eigenvalue weighted by Gasteiger charge is -2.19. The maximum atomic E-state index is 11.3. The van der Waals surface area contributed by atoms with Gasteiger partial charge >= 0.3 is 5.97 Å². The van der Waals surface area contributed by atoms with E-state index in [1.165, 1.54) is 7.11 Å². The van der Waals surface area contributed by atoms with Crippen molar-refractivity contribution in [3.05, 3.63) is 11.6 Å². The summed E-state index contributed by atoms with van der Waals surface area (Å²) in [7, 11) is -2.21. The topological polar surface area (TPSA) is 91.6 Å². The van der Waals surface area contributed by atoms with Crippen LogP contribution in [0.1, 0.15) is 6.42 Å². The number of methoxy groups -OCH3 is 1. The van der Waals surface area contributed by atoms with Crippen molar-refractivity contribution in [1.82, 2.24) is 5.32 Å². The molecular formula is C9H13NO5S. The van der Waals surface area contributed by atoms with Crippen molar-refractivity contribution in [2.45, 2.75) is 24.6 Å². The Balaban J connectivity index is 2.10. The smallest absolute Gasteiger partial charge is 0.333 e. The molecule has 0 aromatic rings. The monoisotopic (exact) mass is 247 g/mol. The maximum absolute atomic E-state index is 11.3. The van der Waals surface area contributed by atoms with Gasteiger partial charge in [-0.05, 0) is 0 Å². The lowest BCUT2D eigenvalue weighted by molar-refractivity contribution is -0.136. The van der Waals surface area contributed by atoms with Crippen LogP contribution in [0.2, 0.25) is 0 Å². The summed E-state index contributed by atoms with van der Waals surface area (Å²) in [4.78, 5) is 11.3. The van der Waals surface area contributed by atoms with Gasteiger partial charge in [-0.25, -0.2) is 4.79 Å². The number of rotatable bonds is 3. The average Bonchev–Trinajstić information content (AvgIpc) is 2.93. The van der Waals surface area contributed by atoms with Crippen molar-refractivity contribution < 1.29 is 22.1 Å². The minimum atomic E-state index is -3.51. The molecule has 1 aliphatic heterocycles. The lowest BCUT2D eigenvalue weighted by atomic mass is 9.97. The summed E-state index contributed by atoms with van der Waals surface area (Å²) < 4.78 is 31.6. The highest BCUT2D eigenvalue weighted by Gasteiger charge is 2.47. The van der Waals surface area contributed by atoms with Crippen LogP contribution in [-0.4, -0.2) is 45.9 Å². The fraction of sp³-hybridized carbons (Fsp3) is 0.667. The molecule has 0 unspecified atom stereocenters. The van der Waals surface area contributed by atoms with E-state index >= 15 is 0 Å². The summed E-state index contributed by atoms with van der Waals surface area (Å²) in [5, 5.41) is 3.04. The Labute approximate surface area is 93.7 Å². The van der Waals surface area contributed by atoms with Gasteiger partial charge in [0.25, 0.3) is 10.1 Å². The standard InChI is InChI=1S/C9H13NO5S/c1-14-9(11)5-3-6-8(10-6)7(4-5)15-16(2,12)13/h3,6-8,10H,4H2,1-2H3/t6-,7-,8-/m1/s1. The first-order valence-electron chi connectivity index (χ1n) is 4.84. The first-order valence-corrected chi connectivity index (χ1v) is 6.65.